The van der Waals surface area contributed by atoms with Crippen LogP contribution in [0.5, 0.6) is 0 Å². The standard InChI is InChI=1S/C12H22O2Si/c1-11(14-12(2)13)9-7-6-8-10-15(3,4)5/h11H,6-7,9H2,1-5H3/t11-/m0/s1. The zero-order valence-electron chi connectivity index (χ0n) is 10.5. The molecule has 0 aromatic carbocycles. The van der Waals surface area contributed by atoms with Gasteiger partial charge in [-0.1, -0.05) is 19.6 Å². The number of carbonyl (C=O) groups is 1. The molecule has 0 rings (SSSR count). The Kier molecular flexibility index (Phi) is 6.34. The molecule has 0 radical (unpaired) electrons. The van der Waals surface area contributed by atoms with Crippen molar-refractivity contribution in [3.8, 4) is 11.5 Å². The average molecular weight is 226 g/mol. The van der Waals surface area contributed by atoms with Crippen molar-refractivity contribution in [3.05, 3.63) is 0 Å². The molecule has 0 bridgehead atoms. The van der Waals surface area contributed by atoms with E-state index in [0.717, 1.165) is 19.3 Å². The van der Waals surface area contributed by atoms with E-state index in [1.54, 1.807) is 0 Å². The third-order valence-electron chi connectivity index (χ3n) is 1.74. The van der Waals surface area contributed by atoms with Crippen LogP contribution < -0.4 is 0 Å². The number of hydrogen-bond acceptors (Lipinski definition) is 2. The largest absolute Gasteiger partial charge is 0.463 e. The van der Waals surface area contributed by atoms with Crippen LogP contribution >= 0.6 is 0 Å². The van der Waals surface area contributed by atoms with Gasteiger partial charge in [0.15, 0.2) is 0 Å². The highest BCUT2D eigenvalue weighted by atomic mass is 28.3. The van der Waals surface area contributed by atoms with E-state index in [1.807, 2.05) is 6.92 Å². The SMILES string of the molecule is CC(=O)O[C@@H](C)CCCC#C[Si](C)(C)C. The van der Waals surface area contributed by atoms with Gasteiger partial charge in [-0.15, -0.1) is 11.5 Å². The van der Waals surface area contributed by atoms with Crippen molar-refractivity contribution in [1.82, 2.24) is 0 Å². The number of carbonyl (C=O) groups excluding carboxylic acids is 1. The lowest BCUT2D eigenvalue weighted by Crippen LogP contribution is -2.16. The van der Waals surface area contributed by atoms with Crippen molar-refractivity contribution in [2.24, 2.45) is 0 Å². The summed E-state index contributed by atoms with van der Waals surface area (Å²) in [6.45, 7) is 10.1. The lowest BCUT2D eigenvalue weighted by atomic mass is 10.2. The van der Waals surface area contributed by atoms with Gasteiger partial charge in [-0.05, 0) is 19.8 Å². The van der Waals surface area contributed by atoms with E-state index in [-0.39, 0.29) is 12.1 Å². The summed E-state index contributed by atoms with van der Waals surface area (Å²) in [7, 11) is -1.21. The fraction of sp³-hybridized carbons (Fsp3) is 0.750. The van der Waals surface area contributed by atoms with E-state index in [1.165, 1.54) is 6.92 Å². The van der Waals surface area contributed by atoms with Crippen LogP contribution in [0.3, 0.4) is 0 Å². The molecule has 1 atom stereocenters. The molecule has 15 heavy (non-hydrogen) atoms. The number of rotatable bonds is 4. The number of ether oxygens (including phenoxy) is 1. The third-order valence-corrected chi connectivity index (χ3v) is 2.67. The van der Waals surface area contributed by atoms with Gasteiger partial charge in [0.2, 0.25) is 0 Å². The molecule has 0 saturated carbocycles. The van der Waals surface area contributed by atoms with Gasteiger partial charge in [0.25, 0.3) is 0 Å². The highest BCUT2D eigenvalue weighted by molar-refractivity contribution is 6.83. The molecule has 3 heteroatoms. The van der Waals surface area contributed by atoms with Crippen LogP contribution in [-0.4, -0.2) is 20.1 Å². The maximum Gasteiger partial charge on any atom is 0.302 e. The lowest BCUT2D eigenvalue weighted by Gasteiger charge is -2.10. The summed E-state index contributed by atoms with van der Waals surface area (Å²) in [6.07, 6.45) is 2.85. The molecule has 0 amide bonds. The van der Waals surface area contributed by atoms with Crippen LogP contribution in [0.4, 0.5) is 0 Å². The Balaban J connectivity index is 3.61. The highest BCUT2D eigenvalue weighted by Gasteiger charge is 2.07. The van der Waals surface area contributed by atoms with Gasteiger partial charge >= 0.3 is 5.97 Å². The van der Waals surface area contributed by atoms with Crippen LogP contribution in [-0.2, 0) is 9.53 Å². The monoisotopic (exact) mass is 226 g/mol. The van der Waals surface area contributed by atoms with Gasteiger partial charge in [-0.2, -0.15) is 0 Å². The molecule has 0 N–H and O–H groups in total. The van der Waals surface area contributed by atoms with Crippen molar-refractivity contribution in [2.75, 3.05) is 0 Å². The van der Waals surface area contributed by atoms with Crippen molar-refractivity contribution < 1.29 is 9.53 Å². The molecule has 0 aliphatic heterocycles. The number of esters is 1. The molecule has 2 nitrogen and oxygen atoms in total. The maximum absolute atomic E-state index is 10.6. The zero-order chi connectivity index (χ0) is 11.9. The molecule has 0 aromatic rings. The topological polar surface area (TPSA) is 26.3 Å². The van der Waals surface area contributed by atoms with Gasteiger partial charge in [-0.25, -0.2) is 0 Å². The summed E-state index contributed by atoms with van der Waals surface area (Å²) in [5.74, 6) is 3.01. The van der Waals surface area contributed by atoms with Crippen LogP contribution in [0.2, 0.25) is 19.6 Å². The van der Waals surface area contributed by atoms with E-state index in [2.05, 4.69) is 31.1 Å². The van der Waals surface area contributed by atoms with Gasteiger partial charge in [-0.3, -0.25) is 4.79 Å². The normalized spacial score (nSPS) is 12.6. The van der Waals surface area contributed by atoms with Crippen molar-refractivity contribution >= 4 is 14.0 Å². The fourth-order valence-electron chi connectivity index (χ4n) is 1.15. The second-order valence-corrected chi connectivity index (χ2v) is 9.61. The first-order valence-corrected chi connectivity index (χ1v) is 8.98. The van der Waals surface area contributed by atoms with Crippen LogP contribution in [0, 0.1) is 11.5 Å². The van der Waals surface area contributed by atoms with E-state index in [0.29, 0.717) is 0 Å². The number of hydrogen-bond donors (Lipinski definition) is 0. The molecule has 0 heterocycles. The van der Waals surface area contributed by atoms with Crippen molar-refractivity contribution in [3.63, 3.8) is 0 Å². The Hall–Kier alpha value is -0.753. The molecule has 0 aromatic heterocycles. The average Bonchev–Trinajstić information content (AvgIpc) is 1.99. The first-order chi connectivity index (χ1) is 6.81. The molecule has 0 aliphatic rings. The maximum atomic E-state index is 10.6. The van der Waals surface area contributed by atoms with Gasteiger partial charge in [0.1, 0.15) is 8.07 Å². The first-order valence-electron chi connectivity index (χ1n) is 5.48. The van der Waals surface area contributed by atoms with E-state index in [4.69, 9.17) is 4.74 Å². The van der Waals surface area contributed by atoms with Gasteiger partial charge < -0.3 is 4.74 Å². The summed E-state index contributed by atoms with van der Waals surface area (Å²) in [4.78, 5) is 10.6. The van der Waals surface area contributed by atoms with E-state index < -0.39 is 8.07 Å². The number of unbranched alkanes of at least 4 members (excludes halogenated alkanes) is 1. The molecule has 0 saturated heterocycles. The van der Waals surface area contributed by atoms with Crippen LogP contribution in [0.25, 0.3) is 0 Å². The fourth-order valence-corrected chi connectivity index (χ4v) is 1.80. The quantitative estimate of drug-likeness (QED) is 0.319. The summed E-state index contributed by atoms with van der Waals surface area (Å²) < 4.78 is 5.02. The highest BCUT2D eigenvalue weighted by Crippen LogP contribution is 2.04. The minimum Gasteiger partial charge on any atom is -0.463 e. The summed E-state index contributed by atoms with van der Waals surface area (Å²) in [6, 6.07) is 0. The summed E-state index contributed by atoms with van der Waals surface area (Å²) in [5, 5.41) is 0. The second kappa shape index (κ2) is 6.68. The Bertz CT molecular complexity index is 255. The third kappa shape index (κ3) is 11.2. The molecule has 0 unspecified atom stereocenters. The Morgan fingerprint density at radius 2 is 2.00 bits per heavy atom. The Morgan fingerprint density at radius 1 is 1.40 bits per heavy atom. The molecule has 0 fully saturated rings. The molecular weight excluding hydrogens is 204 g/mol. The van der Waals surface area contributed by atoms with Crippen molar-refractivity contribution in [2.45, 2.75) is 58.9 Å². The summed E-state index contributed by atoms with van der Waals surface area (Å²) in [5.41, 5.74) is 3.32. The van der Waals surface area contributed by atoms with Gasteiger partial charge in [0.05, 0.1) is 6.10 Å². The molecule has 0 spiro atoms. The van der Waals surface area contributed by atoms with Crippen LogP contribution in [0.1, 0.15) is 33.1 Å². The lowest BCUT2D eigenvalue weighted by molar-refractivity contribution is -0.145. The van der Waals surface area contributed by atoms with Gasteiger partial charge in [0, 0.05) is 13.3 Å². The minimum atomic E-state index is -1.21. The smallest absolute Gasteiger partial charge is 0.302 e. The minimum absolute atomic E-state index is 0.0242. The molecule has 86 valence electrons. The first kappa shape index (κ1) is 14.2. The molecular formula is C12H22O2Si. The predicted molar refractivity (Wildman–Crippen MR) is 66.2 cm³/mol. The summed E-state index contributed by atoms with van der Waals surface area (Å²) >= 11 is 0. The van der Waals surface area contributed by atoms with Crippen LogP contribution in [0.15, 0.2) is 0 Å². The predicted octanol–water partition coefficient (Wildman–Crippen LogP) is 2.99. The second-order valence-electron chi connectivity index (χ2n) is 4.86. The van der Waals surface area contributed by atoms with Crippen molar-refractivity contribution in [1.29, 1.82) is 0 Å². The Labute approximate surface area is 94.4 Å². The Morgan fingerprint density at radius 3 is 2.47 bits per heavy atom. The zero-order valence-corrected chi connectivity index (χ0v) is 11.5. The van der Waals surface area contributed by atoms with E-state index in [9.17, 15) is 4.79 Å². The molecule has 0 aliphatic carbocycles. The van der Waals surface area contributed by atoms with E-state index >= 15 is 0 Å².